The standard InChI is InChI=1S/C12H17N3O2/c1-13-8-3-4-14-11(7-8)12(16)15-9-5-10(6-9)17-2/h3-4,7,9-10H,5-6H2,1-2H3,(H,13,14)(H,15,16). The van der Waals surface area contributed by atoms with Crippen molar-refractivity contribution >= 4 is 11.6 Å². The summed E-state index contributed by atoms with van der Waals surface area (Å²) < 4.78 is 5.16. The lowest BCUT2D eigenvalue weighted by atomic mass is 9.89. The lowest BCUT2D eigenvalue weighted by Crippen LogP contribution is -2.47. The number of hydrogen-bond acceptors (Lipinski definition) is 4. The Hall–Kier alpha value is -1.62. The number of pyridine rings is 1. The molecule has 0 radical (unpaired) electrons. The molecule has 2 N–H and O–H groups in total. The van der Waals surface area contributed by atoms with Crippen LogP contribution in [0.25, 0.3) is 0 Å². The third-order valence-corrected chi connectivity index (χ3v) is 3.04. The molecule has 0 saturated heterocycles. The van der Waals surface area contributed by atoms with Crippen molar-refractivity contribution in [3.63, 3.8) is 0 Å². The van der Waals surface area contributed by atoms with Crippen molar-refractivity contribution in [2.24, 2.45) is 0 Å². The monoisotopic (exact) mass is 235 g/mol. The molecule has 1 aromatic rings. The molecule has 2 rings (SSSR count). The molecule has 1 aromatic heterocycles. The maximum absolute atomic E-state index is 11.9. The first-order valence-corrected chi connectivity index (χ1v) is 5.70. The van der Waals surface area contributed by atoms with Crippen molar-refractivity contribution in [3.05, 3.63) is 24.0 Å². The van der Waals surface area contributed by atoms with Crippen molar-refractivity contribution in [1.29, 1.82) is 0 Å². The molecule has 92 valence electrons. The molecule has 0 unspecified atom stereocenters. The Bertz CT molecular complexity index is 402. The maximum atomic E-state index is 11.9. The van der Waals surface area contributed by atoms with E-state index in [2.05, 4.69) is 15.6 Å². The third-order valence-electron chi connectivity index (χ3n) is 3.04. The van der Waals surface area contributed by atoms with Crippen LogP contribution in [0.5, 0.6) is 0 Å². The quantitative estimate of drug-likeness (QED) is 0.818. The Kier molecular flexibility index (Phi) is 3.58. The Morgan fingerprint density at radius 3 is 2.94 bits per heavy atom. The Morgan fingerprint density at radius 1 is 1.53 bits per heavy atom. The van der Waals surface area contributed by atoms with E-state index in [1.807, 2.05) is 13.1 Å². The lowest BCUT2D eigenvalue weighted by Gasteiger charge is -2.34. The number of aromatic nitrogens is 1. The topological polar surface area (TPSA) is 63.2 Å². The van der Waals surface area contributed by atoms with Crippen molar-refractivity contribution in [3.8, 4) is 0 Å². The van der Waals surface area contributed by atoms with Gasteiger partial charge in [0.2, 0.25) is 0 Å². The number of anilines is 1. The molecule has 0 aliphatic heterocycles. The van der Waals surface area contributed by atoms with E-state index in [0.717, 1.165) is 18.5 Å². The van der Waals surface area contributed by atoms with E-state index in [1.54, 1.807) is 19.4 Å². The minimum atomic E-state index is -0.123. The highest BCUT2D eigenvalue weighted by molar-refractivity contribution is 5.93. The van der Waals surface area contributed by atoms with Crippen LogP contribution >= 0.6 is 0 Å². The van der Waals surface area contributed by atoms with Crippen LogP contribution in [0.3, 0.4) is 0 Å². The second-order valence-corrected chi connectivity index (χ2v) is 4.18. The summed E-state index contributed by atoms with van der Waals surface area (Å²) in [6.07, 6.45) is 3.68. The number of ether oxygens (including phenoxy) is 1. The van der Waals surface area contributed by atoms with Crippen molar-refractivity contribution in [2.75, 3.05) is 19.5 Å². The summed E-state index contributed by atoms with van der Waals surface area (Å²) in [7, 11) is 3.51. The number of hydrogen-bond donors (Lipinski definition) is 2. The molecule has 5 nitrogen and oxygen atoms in total. The van der Waals surface area contributed by atoms with E-state index < -0.39 is 0 Å². The predicted molar refractivity (Wildman–Crippen MR) is 65.1 cm³/mol. The molecule has 1 amide bonds. The van der Waals surface area contributed by atoms with Crippen LogP contribution in [0, 0.1) is 0 Å². The summed E-state index contributed by atoms with van der Waals surface area (Å²) in [6, 6.07) is 3.77. The molecule has 0 atom stereocenters. The van der Waals surface area contributed by atoms with Crippen molar-refractivity contribution in [1.82, 2.24) is 10.3 Å². The van der Waals surface area contributed by atoms with Gasteiger partial charge in [0.25, 0.3) is 5.91 Å². The van der Waals surface area contributed by atoms with Gasteiger partial charge in [-0.1, -0.05) is 0 Å². The van der Waals surface area contributed by atoms with Gasteiger partial charge < -0.3 is 15.4 Å². The fourth-order valence-electron chi connectivity index (χ4n) is 1.85. The van der Waals surface area contributed by atoms with Crippen molar-refractivity contribution < 1.29 is 9.53 Å². The second kappa shape index (κ2) is 5.14. The fourth-order valence-corrected chi connectivity index (χ4v) is 1.85. The molecule has 1 fully saturated rings. The highest BCUT2D eigenvalue weighted by Crippen LogP contribution is 2.22. The number of nitrogens with zero attached hydrogens (tertiary/aromatic N) is 1. The first-order chi connectivity index (χ1) is 8.22. The normalized spacial score (nSPS) is 22.7. The SMILES string of the molecule is CNc1ccnc(C(=O)NC2CC(OC)C2)c1. The fraction of sp³-hybridized carbons (Fsp3) is 0.500. The zero-order valence-electron chi connectivity index (χ0n) is 10.1. The first-order valence-electron chi connectivity index (χ1n) is 5.70. The van der Waals surface area contributed by atoms with E-state index >= 15 is 0 Å². The Balaban J connectivity index is 1.91. The van der Waals surface area contributed by atoms with Crippen molar-refractivity contribution in [2.45, 2.75) is 25.0 Å². The van der Waals surface area contributed by atoms with E-state index in [4.69, 9.17) is 4.74 Å². The number of methoxy groups -OCH3 is 1. The van der Waals surface area contributed by atoms with Crippen LogP contribution in [0.15, 0.2) is 18.3 Å². The van der Waals surface area contributed by atoms with Crippen LogP contribution in [0.2, 0.25) is 0 Å². The van der Waals surface area contributed by atoms with Gasteiger partial charge in [0.05, 0.1) is 6.10 Å². The molecular weight excluding hydrogens is 218 g/mol. The summed E-state index contributed by atoms with van der Waals surface area (Å²) in [5.41, 5.74) is 1.33. The van der Waals surface area contributed by atoms with E-state index in [1.165, 1.54) is 0 Å². The summed E-state index contributed by atoms with van der Waals surface area (Å²) in [5, 5.41) is 5.92. The van der Waals surface area contributed by atoms with Gasteiger partial charge in [-0.25, -0.2) is 0 Å². The number of carbonyl (C=O) groups is 1. The number of rotatable bonds is 4. The Morgan fingerprint density at radius 2 is 2.29 bits per heavy atom. The zero-order chi connectivity index (χ0) is 12.3. The zero-order valence-corrected chi connectivity index (χ0v) is 10.1. The number of nitrogens with one attached hydrogen (secondary N) is 2. The van der Waals surface area contributed by atoms with Gasteiger partial charge in [0.1, 0.15) is 5.69 Å². The van der Waals surface area contributed by atoms with E-state index in [0.29, 0.717) is 5.69 Å². The molecule has 0 aromatic carbocycles. The predicted octanol–water partition coefficient (Wildman–Crippen LogP) is 1.03. The van der Waals surface area contributed by atoms with Gasteiger partial charge in [-0.3, -0.25) is 9.78 Å². The summed E-state index contributed by atoms with van der Waals surface area (Å²) in [4.78, 5) is 15.9. The second-order valence-electron chi connectivity index (χ2n) is 4.18. The van der Waals surface area contributed by atoms with Gasteiger partial charge in [-0.05, 0) is 25.0 Å². The average Bonchev–Trinajstić information content (AvgIpc) is 2.33. The Labute approximate surface area is 101 Å². The molecule has 0 spiro atoms. The van der Waals surface area contributed by atoms with Crippen LogP contribution in [-0.2, 0) is 4.74 Å². The van der Waals surface area contributed by atoms with Gasteiger partial charge in [0, 0.05) is 32.1 Å². The largest absolute Gasteiger partial charge is 0.388 e. The van der Waals surface area contributed by atoms with Crippen LogP contribution in [0.4, 0.5) is 5.69 Å². The summed E-state index contributed by atoms with van der Waals surface area (Å²) in [5.74, 6) is -0.123. The molecule has 1 aliphatic carbocycles. The van der Waals surface area contributed by atoms with Gasteiger partial charge in [0.15, 0.2) is 0 Å². The molecule has 17 heavy (non-hydrogen) atoms. The van der Waals surface area contributed by atoms with Gasteiger partial charge in [-0.2, -0.15) is 0 Å². The highest BCUT2D eigenvalue weighted by Gasteiger charge is 2.30. The molecule has 5 heteroatoms. The van der Waals surface area contributed by atoms with Crippen LogP contribution in [-0.4, -0.2) is 37.2 Å². The highest BCUT2D eigenvalue weighted by atomic mass is 16.5. The molecular formula is C12H17N3O2. The summed E-state index contributed by atoms with van der Waals surface area (Å²) in [6.45, 7) is 0. The average molecular weight is 235 g/mol. The minimum Gasteiger partial charge on any atom is -0.388 e. The van der Waals surface area contributed by atoms with Crippen LogP contribution < -0.4 is 10.6 Å². The van der Waals surface area contributed by atoms with Crippen LogP contribution in [0.1, 0.15) is 23.3 Å². The van der Waals surface area contributed by atoms with E-state index in [9.17, 15) is 4.79 Å². The minimum absolute atomic E-state index is 0.123. The molecule has 1 saturated carbocycles. The molecule has 0 bridgehead atoms. The number of carbonyl (C=O) groups excluding carboxylic acids is 1. The molecule has 1 aliphatic rings. The van der Waals surface area contributed by atoms with E-state index in [-0.39, 0.29) is 18.1 Å². The van der Waals surface area contributed by atoms with Gasteiger partial charge in [-0.15, -0.1) is 0 Å². The van der Waals surface area contributed by atoms with Gasteiger partial charge >= 0.3 is 0 Å². The third kappa shape index (κ3) is 2.74. The lowest BCUT2D eigenvalue weighted by molar-refractivity contribution is 0.0175. The first kappa shape index (κ1) is 11.9. The summed E-state index contributed by atoms with van der Waals surface area (Å²) >= 11 is 0. The maximum Gasteiger partial charge on any atom is 0.270 e. The smallest absolute Gasteiger partial charge is 0.270 e. The number of amides is 1. The molecule has 1 heterocycles.